The van der Waals surface area contributed by atoms with Gasteiger partial charge in [-0.3, -0.25) is 0 Å². The molecule has 6 heteroatoms. The number of rotatable bonds is 4. The van der Waals surface area contributed by atoms with Crippen molar-refractivity contribution in [3.63, 3.8) is 0 Å². The molecule has 0 spiro atoms. The topological polar surface area (TPSA) is 38.8 Å². The molecule has 0 aromatic heterocycles. The molecule has 2 aromatic rings. The van der Waals surface area contributed by atoms with E-state index >= 15 is 0 Å². The zero-order valence-electron chi connectivity index (χ0n) is 16.5. The number of fused-ring (bicyclic) bond motifs is 2. The lowest BCUT2D eigenvalue weighted by atomic mass is 10.1. The van der Waals surface area contributed by atoms with E-state index in [-0.39, 0.29) is 6.09 Å². The van der Waals surface area contributed by atoms with E-state index in [1.54, 1.807) is 18.8 Å². The van der Waals surface area contributed by atoms with Crippen LogP contribution in [-0.4, -0.2) is 36.8 Å². The van der Waals surface area contributed by atoms with Crippen LogP contribution >= 0.6 is 23.4 Å². The Labute approximate surface area is 175 Å². The molecule has 0 bridgehead atoms. The van der Waals surface area contributed by atoms with Gasteiger partial charge < -0.3 is 14.4 Å². The summed E-state index contributed by atoms with van der Waals surface area (Å²) in [7, 11) is 1.70. The van der Waals surface area contributed by atoms with Gasteiger partial charge in [0.25, 0.3) is 0 Å². The van der Waals surface area contributed by atoms with Crippen molar-refractivity contribution in [2.75, 3.05) is 20.2 Å². The largest absolute Gasteiger partial charge is 0.491 e. The molecule has 1 heterocycles. The highest BCUT2D eigenvalue weighted by molar-refractivity contribution is 7.99. The molecule has 1 aliphatic heterocycles. The number of hydrogen-bond donors (Lipinski definition) is 0. The van der Waals surface area contributed by atoms with E-state index in [2.05, 4.69) is 12.1 Å². The minimum absolute atomic E-state index is 0.348. The Morgan fingerprint density at radius 3 is 2.64 bits per heavy atom. The molecule has 2 aromatic carbocycles. The summed E-state index contributed by atoms with van der Waals surface area (Å²) in [6.07, 6.45) is 1.66. The standard InChI is InChI=1S/C22H24ClNO3S/c1-22(2,3)27-21(25)24(4)11-12-26-18-13-15-7-5-6-8-19(15)28-20-10-9-16(23)14-17(18)20/h5-10,13-14H,11-12H2,1-4H3. The third-order valence-corrected chi connectivity index (χ3v) is 5.42. The van der Waals surface area contributed by atoms with Crippen LogP contribution in [0.1, 0.15) is 31.9 Å². The van der Waals surface area contributed by atoms with Crippen molar-refractivity contribution in [3.8, 4) is 0 Å². The minimum atomic E-state index is -0.521. The van der Waals surface area contributed by atoms with Gasteiger partial charge in [0.05, 0.1) is 6.54 Å². The monoisotopic (exact) mass is 417 g/mol. The summed E-state index contributed by atoms with van der Waals surface area (Å²) in [5, 5.41) is 0.658. The maximum absolute atomic E-state index is 12.1. The number of carbonyl (C=O) groups is 1. The van der Waals surface area contributed by atoms with Gasteiger partial charge in [-0.05, 0) is 56.7 Å². The van der Waals surface area contributed by atoms with Crippen LogP contribution in [-0.2, 0) is 9.47 Å². The van der Waals surface area contributed by atoms with Crippen molar-refractivity contribution in [2.24, 2.45) is 0 Å². The van der Waals surface area contributed by atoms with E-state index in [1.165, 1.54) is 4.90 Å². The van der Waals surface area contributed by atoms with Crippen LogP contribution < -0.4 is 0 Å². The summed E-state index contributed by atoms with van der Waals surface area (Å²) in [5.74, 6) is 0.743. The van der Waals surface area contributed by atoms with Gasteiger partial charge in [-0.1, -0.05) is 41.6 Å². The fraction of sp³-hybridized carbons (Fsp3) is 0.318. The number of nitrogens with zero attached hydrogens (tertiary/aromatic N) is 1. The van der Waals surface area contributed by atoms with Gasteiger partial charge in [0.1, 0.15) is 18.0 Å². The van der Waals surface area contributed by atoms with Gasteiger partial charge in [-0.2, -0.15) is 0 Å². The van der Waals surface area contributed by atoms with Crippen molar-refractivity contribution in [2.45, 2.75) is 36.2 Å². The molecule has 0 saturated heterocycles. The summed E-state index contributed by atoms with van der Waals surface area (Å²) in [5.41, 5.74) is 1.52. The molecule has 0 fully saturated rings. The van der Waals surface area contributed by atoms with Crippen LogP contribution in [0.4, 0.5) is 4.79 Å². The lowest BCUT2D eigenvalue weighted by molar-refractivity contribution is 0.0272. The van der Waals surface area contributed by atoms with Crippen LogP contribution in [0.15, 0.2) is 52.3 Å². The first kappa shape index (κ1) is 20.6. The first-order chi connectivity index (χ1) is 13.2. The zero-order chi connectivity index (χ0) is 20.3. The first-order valence-electron chi connectivity index (χ1n) is 9.08. The summed E-state index contributed by atoms with van der Waals surface area (Å²) in [6.45, 7) is 6.31. The molecule has 1 amide bonds. The normalized spacial score (nSPS) is 13.0. The highest BCUT2D eigenvalue weighted by atomic mass is 35.5. The molecule has 1 aliphatic rings. The van der Waals surface area contributed by atoms with Crippen molar-refractivity contribution >= 4 is 41.3 Å². The Morgan fingerprint density at radius 2 is 1.89 bits per heavy atom. The number of halogens is 1. The third kappa shape index (κ3) is 5.24. The van der Waals surface area contributed by atoms with Crippen LogP contribution in [0.3, 0.4) is 0 Å². The molecule has 148 valence electrons. The first-order valence-corrected chi connectivity index (χ1v) is 10.3. The minimum Gasteiger partial charge on any atom is -0.491 e. The molecule has 3 rings (SSSR count). The van der Waals surface area contributed by atoms with E-state index in [0.717, 1.165) is 26.7 Å². The Bertz CT molecular complexity index is 905. The lowest BCUT2D eigenvalue weighted by Gasteiger charge is -2.24. The van der Waals surface area contributed by atoms with Crippen molar-refractivity contribution in [3.05, 3.63) is 58.6 Å². The number of hydrogen-bond acceptors (Lipinski definition) is 4. The number of carbonyl (C=O) groups excluding carboxylic acids is 1. The molecule has 4 nitrogen and oxygen atoms in total. The molecule has 0 N–H and O–H groups in total. The van der Waals surface area contributed by atoms with E-state index in [4.69, 9.17) is 21.1 Å². The van der Waals surface area contributed by atoms with Gasteiger partial charge in [0, 0.05) is 27.4 Å². The Morgan fingerprint density at radius 1 is 1.14 bits per heavy atom. The van der Waals surface area contributed by atoms with Gasteiger partial charge in [0.2, 0.25) is 0 Å². The molecule has 28 heavy (non-hydrogen) atoms. The third-order valence-electron chi connectivity index (χ3n) is 4.02. The maximum atomic E-state index is 12.1. The Kier molecular flexibility index (Phi) is 6.26. The van der Waals surface area contributed by atoms with E-state index < -0.39 is 5.60 Å². The van der Waals surface area contributed by atoms with Crippen LogP contribution in [0.25, 0.3) is 11.8 Å². The second-order valence-electron chi connectivity index (χ2n) is 7.54. The summed E-state index contributed by atoms with van der Waals surface area (Å²) >= 11 is 7.92. The molecule has 0 aliphatic carbocycles. The van der Waals surface area contributed by atoms with E-state index in [0.29, 0.717) is 18.2 Å². The van der Waals surface area contributed by atoms with Crippen LogP contribution in [0.5, 0.6) is 0 Å². The van der Waals surface area contributed by atoms with Gasteiger partial charge in [-0.15, -0.1) is 0 Å². The number of ether oxygens (including phenoxy) is 2. The van der Waals surface area contributed by atoms with Crippen molar-refractivity contribution in [1.82, 2.24) is 4.90 Å². The SMILES string of the molecule is CN(CCOC1=Cc2ccccc2Sc2ccc(Cl)cc21)C(=O)OC(C)(C)C. The Balaban J connectivity index is 1.76. The summed E-state index contributed by atoms with van der Waals surface area (Å²) in [6, 6.07) is 14.0. The molecule has 0 radical (unpaired) electrons. The lowest BCUT2D eigenvalue weighted by Crippen LogP contribution is -2.35. The van der Waals surface area contributed by atoms with Crippen LogP contribution in [0.2, 0.25) is 5.02 Å². The second-order valence-corrected chi connectivity index (χ2v) is 9.06. The number of likely N-dealkylation sites (N-methyl/N-ethyl adjacent to an activating group) is 1. The quantitative estimate of drug-likeness (QED) is 0.594. The Hall–Kier alpha value is -2.11. The van der Waals surface area contributed by atoms with E-state index in [1.807, 2.05) is 57.2 Å². The van der Waals surface area contributed by atoms with E-state index in [9.17, 15) is 4.79 Å². The number of amides is 1. The highest BCUT2D eigenvalue weighted by Gasteiger charge is 2.21. The van der Waals surface area contributed by atoms with Crippen LogP contribution in [0, 0.1) is 0 Å². The van der Waals surface area contributed by atoms with Crippen molar-refractivity contribution in [1.29, 1.82) is 0 Å². The summed E-state index contributed by atoms with van der Waals surface area (Å²) < 4.78 is 11.5. The highest BCUT2D eigenvalue weighted by Crippen LogP contribution is 2.41. The number of benzene rings is 2. The van der Waals surface area contributed by atoms with Crippen molar-refractivity contribution < 1.29 is 14.3 Å². The smallest absolute Gasteiger partial charge is 0.410 e. The van der Waals surface area contributed by atoms with Gasteiger partial charge in [-0.25, -0.2) is 4.79 Å². The average molecular weight is 418 g/mol. The maximum Gasteiger partial charge on any atom is 0.410 e. The predicted octanol–water partition coefficient (Wildman–Crippen LogP) is 6.19. The molecular formula is C22H24ClNO3S. The summed E-state index contributed by atoms with van der Waals surface area (Å²) in [4.78, 5) is 15.9. The zero-order valence-corrected chi connectivity index (χ0v) is 18.1. The fourth-order valence-corrected chi connectivity index (χ4v) is 3.86. The average Bonchev–Trinajstić information content (AvgIpc) is 2.76. The van der Waals surface area contributed by atoms with Gasteiger partial charge in [0.15, 0.2) is 0 Å². The predicted molar refractivity (Wildman–Crippen MR) is 115 cm³/mol. The molecule has 0 saturated carbocycles. The fourth-order valence-electron chi connectivity index (χ4n) is 2.66. The molecule has 0 unspecified atom stereocenters. The molecule has 0 atom stereocenters. The second kappa shape index (κ2) is 8.50. The van der Waals surface area contributed by atoms with Gasteiger partial charge >= 0.3 is 6.09 Å². The molecular weight excluding hydrogens is 394 g/mol.